The molecule has 14 heteroatoms. The summed E-state index contributed by atoms with van der Waals surface area (Å²) in [6.45, 7) is 0. The summed E-state index contributed by atoms with van der Waals surface area (Å²) in [5.41, 5.74) is -2.45. The standard InChI is InChI=1S/C17H7Cl2N7O5/c18-10-3-8(26-17(29)22-16(28)12(5-20)23-26)4-11(19)15(10)31-13-1-2-14(27)25(24-13)9-6-21-30-7-9/h1-4,6-7H,(H,22,28,29). The Kier molecular flexibility index (Phi) is 5.12. The van der Waals surface area contributed by atoms with Gasteiger partial charge in [0, 0.05) is 12.1 Å². The van der Waals surface area contributed by atoms with E-state index in [9.17, 15) is 14.4 Å². The molecule has 0 unspecified atom stereocenters. The predicted octanol–water partition coefficient (Wildman–Crippen LogP) is 1.43. The zero-order valence-corrected chi connectivity index (χ0v) is 16.5. The summed E-state index contributed by atoms with van der Waals surface area (Å²) in [5, 5.41) is 20.1. The minimum atomic E-state index is -0.921. The Morgan fingerprint density at radius 1 is 1.06 bits per heavy atom. The Morgan fingerprint density at radius 2 is 1.81 bits per heavy atom. The first-order valence-corrected chi connectivity index (χ1v) is 8.94. The molecular weight excluding hydrogens is 453 g/mol. The highest BCUT2D eigenvalue weighted by atomic mass is 35.5. The third-order valence-corrected chi connectivity index (χ3v) is 4.37. The summed E-state index contributed by atoms with van der Waals surface area (Å²) >= 11 is 12.5. The predicted molar refractivity (Wildman–Crippen MR) is 105 cm³/mol. The average molecular weight is 460 g/mol. The molecule has 0 spiro atoms. The number of ether oxygens (including phenoxy) is 1. The molecule has 154 valence electrons. The molecule has 0 aliphatic carbocycles. The van der Waals surface area contributed by atoms with Crippen LogP contribution >= 0.6 is 23.2 Å². The van der Waals surface area contributed by atoms with E-state index in [0.717, 1.165) is 9.36 Å². The summed E-state index contributed by atoms with van der Waals surface area (Å²) in [6, 6.07) is 6.66. The third kappa shape index (κ3) is 3.82. The van der Waals surface area contributed by atoms with Gasteiger partial charge in [-0.3, -0.25) is 14.6 Å². The van der Waals surface area contributed by atoms with Gasteiger partial charge in [0.1, 0.15) is 18.0 Å². The second kappa shape index (κ2) is 7.90. The van der Waals surface area contributed by atoms with Gasteiger partial charge < -0.3 is 9.26 Å². The van der Waals surface area contributed by atoms with E-state index in [1.807, 2.05) is 4.98 Å². The van der Waals surface area contributed by atoms with Crippen LogP contribution < -0.4 is 21.5 Å². The van der Waals surface area contributed by atoms with Crippen LogP contribution in [0.25, 0.3) is 11.4 Å². The molecule has 1 N–H and O–H groups in total. The summed E-state index contributed by atoms with van der Waals surface area (Å²) in [6.07, 6.45) is 2.51. The van der Waals surface area contributed by atoms with Gasteiger partial charge in [-0.15, -0.1) is 10.2 Å². The number of aromatic nitrogens is 6. The quantitative estimate of drug-likeness (QED) is 0.475. The molecule has 0 atom stereocenters. The van der Waals surface area contributed by atoms with Gasteiger partial charge in [0.15, 0.2) is 5.75 Å². The van der Waals surface area contributed by atoms with Crippen molar-refractivity contribution in [1.29, 1.82) is 5.26 Å². The highest BCUT2D eigenvalue weighted by Gasteiger charge is 2.16. The van der Waals surface area contributed by atoms with Crippen LogP contribution in [0.5, 0.6) is 11.6 Å². The summed E-state index contributed by atoms with van der Waals surface area (Å²) in [4.78, 5) is 37.5. The second-order valence-corrected chi connectivity index (χ2v) is 6.59. The van der Waals surface area contributed by atoms with Crippen LogP contribution in [0.1, 0.15) is 5.69 Å². The molecule has 3 aromatic heterocycles. The third-order valence-electron chi connectivity index (χ3n) is 3.81. The molecule has 0 bridgehead atoms. The Labute approximate surface area is 180 Å². The normalized spacial score (nSPS) is 10.6. The fraction of sp³-hybridized carbons (Fsp3) is 0. The van der Waals surface area contributed by atoms with E-state index in [-0.39, 0.29) is 33.0 Å². The van der Waals surface area contributed by atoms with Crippen LogP contribution in [-0.4, -0.2) is 29.7 Å². The fourth-order valence-corrected chi connectivity index (χ4v) is 3.01. The van der Waals surface area contributed by atoms with E-state index in [1.165, 1.54) is 36.7 Å². The first-order valence-electron chi connectivity index (χ1n) is 8.18. The lowest BCUT2D eigenvalue weighted by Crippen LogP contribution is -2.33. The van der Waals surface area contributed by atoms with Crippen molar-refractivity contribution < 1.29 is 9.26 Å². The van der Waals surface area contributed by atoms with Gasteiger partial charge in [0.2, 0.25) is 11.6 Å². The minimum absolute atomic E-state index is 0.0203. The number of nitrogens with zero attached hydrogens (tertiary/aromatic N) is 6. The Balaban J connectivity index is 1.74. The zero-order chi connectivity index (χ0) is 22.1. The van der Waals surface area contributed by atoms with Crippen LogP contribution in [0.15, 0.2) is 55.6 Å². The highest BCUT2D eigenvalue weighted by Crippen LogP contribution is 2.37. The van der Waals surface area contributed by atoms with Crippen molar-refractivity contribution in [2.24, 2.45) is 0 Å². The number of rotatable bonds is 4. The molecule has 0 radical (unpaired) electrons. The van der Waals surface area contributed by atoms with Crippen LogP contribution in [0, 0.1) is 11.3 Å². The van der Waals surface area contributed by atoms with Gasteiger partial charge in [-0.1, -0.05) is 28.4 Å². The Morgan fingerprint density at radius 3 is 2.45 bits per heavy atom. The maximum absolute atomic E-state index is 12.1. The monoisotopic (exact) mass is 459 g/mol. The number of nitrogens with one attached hydrogen (secondary N) is 1. The van der Waals surface area contributed by atoms with E-state index >= 15 is 0 Å². The van der Waals surface area contributed by atoms with E-state index < -0.39 is 22.5 Å². The molecule has 0 amide bonds. The maximum atomic E-state index is 12.1. The number of nitriles is 1. The maximum Gasteiger partial charge on any atom is 0.349 e. The van der Waals surface area contributed by atoms with E-state index in [0.29, 0.717) is 0 Å². The van der Waals surface area contributed by atoms with Gasteiger partial charge >= 0.3 is 5.69 Å². The Bertz CT molecular complexity index is 1490. The van der Waals surface area contributed by atoms with E-state index in [2.05, 4.69) is 15.4 Å². The Hall–Kier alpha value is -4.21. The number of H-pyrrole nitrogens is 1. The molecule has 3 heterocycles. The van der Waals surface area contributed by atoms with Gasteiger partial charge in [0.05, 0.1) is 21.9 Å². The van der Waals surface area contributed by atoms with Crippen molar-refractivity contribution in [3.05, 3.63) is 83.7 Å². The summed E-state index contributed by atoms with van der Waals surface area (Å²) in [5.74, 6) is -0.0449. The topological polar surface area (TPSA) is 162 Å². The second-order valence-electron chi connectivity index (χ2n) is 5.78. The van der Waals surface area contributed by atoms with Crippen molar-refractivity contribution >= 4 is 23.2 Å². The summed E-state index contributed by atoms with van der Waals surface area (Å²) in [7, 11) is 0. The van der Waals surface area contributed by atoms with Crippen LogP contribution in [0.2, 0.25) is 10.0 Å². The average Bonchev–Trinajstić information content (AvgIpc) is 3.26. The van der Waals surface area contributed by atoms with Crippen molar-refractivity contribution in [3.8, 4) is 29.1 Å². The van der Waals surface area contributed by atoms with Crippen molar-refractivity contribution in [3.63, 3.8) is 0 Å². The van der Waals surface area contributed by atoms with E-state index in [4.69, 9.17) is 37.7 Å². The molecule has 1 aromatic carbocycles. The molecule has 4 aromatic rings. The molecule has 31 heavy (non-hydrogen) atoms. The number of halogens is 2. The number of hydrogen-bond donors (Lipinski definition) is 1. The van der Waals surface area contributed by atoms with E-state index in [1.54, 1.807) is 6.07 Å². The molecule has 0 aliphatic rings. The SMILES string of the molecule is N#Cc1nn(-c2cc(Cl)c(Oc3ccc(=O)n(-c4cnoc4)n3)c(Cl)c2)c(=O)[nH]c1=O. The number of benzene rings is 1. The van der Waals surface area contributed by atoms with Crippen molar-refractivity contribution in [2.45, 2.75) is 0 Å². The van der Waals surface area contributed by atoms with Gasteiger partial charge in [-0.2, -0.15) is 14.6 Å². The molecule has 0 saturated heterocycles. The number of hydrogen-bond acceptors (Lipinski definition) is 9. The molecule has 0 fully saturated rings. The molecule has 0 aliphatic heterocycles. The number of aromatic amines is 1. The highest BCUT2D eigenvalue weighted by molar-refractivity contribution is 6.37. The first-order chi connectivity index (χ1) is 14.9. The lowest BCUT2D eigenvalue weighted by atomic mass is 10.3. The van der Waals surface area contributed by atoms with Crippen LogP contribution in [0.4, 0.5) is 0 Å². The summed E-state index contributed by atoms with van der Waals surface area (Å²) < 4.78 is 12.1. The molecule has 4 rings (SSSR count). The lowest BCUT2D eigenvalue weighted by Gasteiger charge is -2.12. The van der Waals surface area contributed by atoms with Gasteiger partial charge in [-0.25, -0.2) is 4.79 Å². The van der Waals surface area contributed by atoms with Crippen LogP contribution in [0.3, 0.4) is 0 Å². The largest absolute Gasteiger partial charge is 0.434 e. The zero-order valence-electron chi connectivity index (χ0n) is 14.9. The smallest absolute Gasteiger partial charge is 0.349 e. The molecule has 0 saturated carbocycles. The van der Waals surface area contributed by atoms with Crippen LogP contribution in [-0.2, 0) is 0 Å². The fourth-order valence-electron chi connectivity index (χ4n) is 2.46. The van der Waals surface area contributed by atoms with Gasteiger partial charge in [0.25, 0.3) is 11.1 Å². The minimum Gasteiger partial charge on any atom is -0.434 e. The van der Waals surface area contributed by atoms with Crippen molar-refractivity contribution in [2.75, 3.05) is 0 Å². The first kappa shape index (κ1) is 20.1. The van der Waals surface area contributed by atoms with Crippen molar-refractivity contribution in [1.82, 2.24) is 29.7 Å². The van der Waals surface area contributed by atoms with Gasteiger partial charge in [-0.05, 0) is 12.1 Å². The molecule has 12 nitrogen and oxygen atoms in total. The lowest BCUT2D eigenvalue weighted by molar-refractivity contribution is 0.418. The molecular formula is C17H7Cl2N7O5.